The predicted octanol–water partition coefficient (Wildman–Crippen LogP) is 0.640. The van der Waals surface area contributed by atoms with Crippen LogP contribution < -0.4 is 5.73 Å². The van der Waals surface area contributed by atoms with Crippen molar-refractivity contribution in [3.63, 3.8) is 0 Å². The van der Waals surface area contributed by atoms with Crippen LogP contribution in [0.2, 0.25) is 0 Å². The Morgan fingerprint density at radius 1 is 1.26 bits per heavy atom. The van der Waals surface area contributed by atoms with Crippen molar-refractivity contribution < 1.29 is 5.11 Å². The monoisotopic (exact) mass is 262 g/mol. The summed E-state index contributed by atoms with van der Waals surface area (Å²) in [6.45, 7) is 2.13. The van der Waals surface area contributed by atoms with Crippen LogP contribution in [-0.2, 0) is 5.60 Å². The van der Waals surface area contributed by atoms with E-state index in [1.807, 2.05) is 6.07 Å². The number of likely N-dealkylation sites (tertiary alicyclic amines) is 1. The number of nitrogens with zero attached hydrogens (tertiary/aromatic N) is 3. The van der Waals surface area contributed by atoms with E-state index in [1.54, 1.807) is 12.4 Å². The fourth-order valence-electron chi connectivity index (χ4n) is 3.45. The van der Waals surface area contributed by atoms with Crippen molar-refractivity contribution in [2.45, 2.75) is 49.8 Å². The summed E-state index contributed by atoms with van der Waals surface area (Å²) < 4.78 is 0. The number of hydrogen-bond acceptors (Lipinski definition) is 5. The molecule has 0 unspecified atom stereocenters. The maximum Gasteiger partial charge on any atom is 0.0913 e. The molecule has 0 spiro atoms. The van der Waals surface area contributed by atoms with Gasteiger partial charge >= 0.3 is 0 Å². The summed E-state index contributed by atoms with van der Waals surface area (Å²) in [4.78, 5) is 2.50. The molecule has 1 aromatic heterocycles. The molecular weight excluding hydrogens is 240 g/mol. The first-order chi connectivity index (χ1) is 9.17. The first-order valence-corrected chi connectivity index (χ1v) is 7.16. The normalized spacial score (nSPS) is 36.5. The molecule has 1 atom stereocenters. The highest BCUT2D eigenvalue weighted by Crippen LogP contribution is 2.38. The average Bonchev–Trinajstić information content (AvgIpc) is 2.87. The highest BCUT2D eigenvalue weighted by molar-refractivity contribution is 5.17. The van der Waals surface area contributed by atoms with E-state index in [2.05, 4.69) is 15.1 Å². The van der Waals surface area contributed by atoms with Gasteiger partial charge in [-0.3, -0.25) is 4.90 Å². The van der Waals surface area contributed by atoms with Gasteiger partial charge in [-0.15, -0.1) is 0 Å². The third-order valence-electron chi connectivity index (χ3n) is 4.68. The van der Waals surface area contributed by atoms with Gasteiger partial charge < -0.3 is 10.8 Å². The van der Waals surface area contributed by atoms with E-state index < -0.39 is 5.60 Å². The van der Waals surface area contributed by atoms with Gasteiger partial charge in [0.2, 0.25) is 0 Å². The van der Waals surface area contributed by atoms with E-state index in [4.69, 9.17) is 5.73 Å². The minimum Gasteiger partial charge on any atom is -0.385 e. The van der Waals surface area contributed by atoms with E-state index in [1.165, 1.54) is 0 Å². The standard InChI is InChI=1S/C14H22N4O/c15-12-4-8-18(10-12)13-1-5-14(19,6-2-13)11-3-7-16-17-9-11/h3,7,9,12-13,19H,1-2,4-6,8,10,15H2/t12-,13?,14?/m1/s1. The van der Waals surface area contributed by atoms with Gasteiger partial charge in [-0.25, -0.2) is 0 Å². The molecule has 1 aliphatic heterocycles. The van der Waals surface area contributed by atoms with Gasteiger partial charge in [0.05, 0.1) is 11.8 Å². The molecule has 0 radical (unpaired) electrons. The van der Waals surface area contributed by atoms with Crippen molar-refractivity contribution in [1.82, 2.24) is 15.1 Å². The predicted molar refractivity (Wildman–Crippen MR) is 72.4 cm³/mol. The van der Waals surface area contributed by atoms with Gasteiger partial charge in [0.15, 0.2) is 0 Å². The summed E-state index contributed by atoms with van der Waals surface area (Å²) in [6.07, 6.45) is 8.11. The van der Waals surface area contributed by atoms with E-state index >= 15 is 0 Å². The number of rotatable bonds is 2. The lowest BCUT2D eigenvalue weighted by molar-refractivity contribution is -0.0226. The molecule has 2 fully saturated rings. The summed E-state index contributed by atoms with van der Waals surface area (Å²) in [7, 11) is 0. The second-order valence-corrected chi connectivity index (χ2v) is 5.94. The van der Waals surface area contributed by atoms with Crippen LogP contribution in [0, 0.1) is 0 Å². The molecule has 5 nitrogen and oxygen atoms in total. The highest BCUT2D eigenvalue weighted by Gasteiger charge is 2.38. The number of aromatic nitrogens is 2. The average molecular weight is 262 g/mol. The van der Waals surface area contributed by atoms with Gasteiger partial charge in [0.1, 0.15) is 0 Å². The SMILES string of the molecule is N[C@@H]1CCN(C2CCC(O)(c3ccnnc3)CC2)C1. The maximum absolute atomic E-state index is 10.7. The van der Waals surface area contributed by atoms with Crippen LogP contribution in [0.25, 0.3) is 0 Å². The minimum atomic E-state index is -0.714. The van der Waals surface area contributed by atoms with Gasteiger partial charge in [-0.1, -0.05) is 0 Å². The van der Waals surface area contributed by atoms with Crippen LogP contribution in [-0.4, -0.2) is 45.4 Å². The lowest BCUT2D eigenvalue weighted by Crippen LogP contribution is -2.42. The molecule has 1 saturated carbocycles. The Hall–Kier alpha value is -1.04. The van der Waals surface area contributed by atoms with Crippen LogP contribution >= 0.6 is 0 Å². The quantitative estimate of drug-likeness (QED) is 0.818. The molecule has 1 aromatic rings. The van der Waals surface area contributed by atoms with Crippen LogP contribution in [0.4, 0.5) is 0 Å². The lowest BCUT2D eigenvalue weighted by Gasteiger charge is -2.39. The fraction of sp³-hybridized carbons (Fsp3) is 0.714. The summed E-state index contributed by atoms with van der Waals surface area (Å²) >= 11 is 0. The summed E-state index contributed by atoms with van der Waals surface area (Å²) in [5, 5.41) is 18.4. The zero-order chi connectivity index (χ0) is 13.3. The molecule has 0 bridgehead atoms. The molecule has 0 aromatic carbocycles. The molecule has 3 rings (SSSR count). The molecule has 1 aliphatic carbocycles. The number of hydrogen-bond donors (Lipinski definition) is 2. The molecule has 5 heteroatoms. The first-order valence-electron chi connectivity index (χ1n) is 7.16. The van der Waals surface area contributed by atoms with Gasteiger partial charge in [0, 0.05) is 36.9 Å². The Labute approximate surface area is 113 Å². The van der Waals surface area contributed by atoms with Gasteiger partial charge in [-0.05, 0) is 38.2 Å². The molecule has 0 amide bonds. The van der Waals surface area contributed by atoms with E-state index in [0.717, 1.165) is 50.8 Å². The Kier molecular flexibility index (Phi) is 3.52. The van der Waals surface area contributed by atoms with Gasteiger partial charge in [-0.2, -0.15) is 10.2 Å². The largest absolute Gasteiger partial charge is 0.385 e. The summed E-state index contributed by atoms with van der Waals surface area (Å²) in [5.74, 6) is 0. The second kappa shape index (κ2) is 5.15. The van der Waals surface area contributed by atoms with Gasteiger partial charge in [0.25, 0.3) is 0 Å². The van der Waals surface area contributed by atoms with Crippen LogP contribution in [0.15, 0.2) is 18.5 Å². The number of aliphatic hydroxyl groups is 1. The minimum absolute atomic E-state index is 0.338. The Bertz CT molecular complexity index is 417. The molecule has 3 N–H and O–H groups in total. The molecule has 19 heavy (non-hydrogen) atoms. The zero-order valence-electron chi connectivity index (χ0n) is 11.2. The zero-order valence-corrected chi connectivity index (χ0v) is 11.2. The van der Waals surface area contributed by atoms with Crippen LogP contribution in [0.1, 0.15) is 37.7 Å². The van der Waals surface area contributed by atoms with E-state index in [-0.39, 0.29) is 0 Å². The fourth-order valence-corrected chi connectivity index (χ4v) is 3.45. The lowest BCUT2D eigenvalue weighted by atomic mass is 9.78. The van der Waals surface area contributed by atoms with Crippen molar-refractivity contribution in [3.8, 4) is 0 Å². The first kappa shape index (κ1) is 13.0. The Morgan fingerprint density at radius 2 is 2.05 bits per heavy atom. The third-order valence-corrected chi connectivity index (χ3v) is 4.68. The van der Waals surface area contributed by atoms with E-state index in [9.17, 15) is 5.11 Å². The Balaban J connectivity index is 1.63. The third kappa shape index (κ3) is 2.63. The van der Waals surface area contributed by atoms with Crippen LogP contribution in [0.5, 0.6) is 0 Å². The summed E-state index contributed by atoms with van der Waals surface area (Å²) in [6, 6.07) is 2.80. The molecular formula is C14H22N4O. The summed E-state index contributed by atoms with van der Waals surface area (Å²) in [5.41, 5.74) is 6.16. The van der Waals surface area contributed by atoms with E-state index in [0.29, 0.717) is 12.1 Å². The van der Waals surface area contributed by atoms with Crippen molar-refractivity contribution in [2.24, 2.45) is 5.73 Å². The molecule has 1 saturated heterocycles. The second-order valence-electron chi connectivity index (χ2n) is 5.94. The van der Waals surface area contributed by atoms with Crippen molar-refractivity contribution in [1.29, 1.82) is 0 Å². The topological polar surface area (TPSA) is 75.3 Å². The smallest absolute Gasteiger partial charge is 0.0913 e. The highest BCUT2D eigenvalue weighted by atomic mass is 16.3. The molecule has 2 aliphatic rings. The van der Waals surface area contributed by atoms with Crippen LogP contribution in [0.3, 0.4) is 0 Å². The van der Waals surface area contributed by atoms with Crippen molar-refractivity contribution in [3.05, 3.63) is 24.0 Å². The van der Waals surface area contributed by atoms with Crippen molar-refractivity contribution in [2.75, 3.05) is 13.1 Å². The number of nitrogens with two attached hydrogens (primary N) is 1. The molecule has 2 heterocycles. The van der Waals surface area contributed by atoms with Crippen molar-refractivity contribution >= 4 is 0 Å². The molecule has 104 valence electrons. The Morgan fingerprint density at radius 3 is 2.63 bits per heavy atom. The maximum atomic E-state index is 10.7.